The van der Waals surface area contributed by atoms with Crippen LogP contribution in [0.5, 0.6) is 11.5 Å². The van der Waals surface area contributed by atoms with Crippen LogP contribution in [0.4, 0.5) is 28.4 Å². The predicted molar refractivity (Wildman–Crippen MR) is 308 cm³/mol. The third kappa shape index (κ3) is 10.5. The van der Waals surface area contributed by atoms with Crippen molar-refractivity contribution in [3.05, 3.63) is 178 Å². The Balaban J connectivity index is 1.12. The number of carboxylic acids is 1. The normalized spacial score (nSPS) is 12.6. The third-order valence-electron chi connectivity index (χ3n) is 13.9. The minimum absolute atomic E-state index is 0.00657. The number of anilines is 4. The number of aromatic carboxylic acids is 1. The van der Waals surface area contributed by atoms with Crippen LogP contribution in [-0.4, -0.2) is 64.1 Å². The zero-order valence-electron chi connectivity index (χ0n) is 43.6. The maximum Gasteiger partial charge on any atom is 0.336 e. The molecular formula is C58H48N4O15S4. The molecule has 0 bridgehead atoms. The van der Waals surface area contributed by atoms with Crippen molar-refractivity contribution in [1.29, 1.82) is 0 Å². The van der Waals surface area contributed by atoms with E-state index in [4.69, 9.17) is 9.41 Å². The molecule has 8 N–H and O–H groups in total. The van der Waals surface area contributed by atoms with E-state index in [-0.39, 0.29) is 77.5 Å². The summed E-state index contributed by atoms with van der Waals surface area (Å²) in [6, 6.07) is 31.0. The first-order valence-corrected chi connectivity index (χ1v) is 30.2. The second-order valence-electron chi connectivity index (χ2n) is 19.5. The van der Waals surface area contributed by atoms with Gasteiger partial charge in [0.1, 0.15) is 32.6 Å². The Morgan fingerprint density at radius 2 is 1.10 bits per heavy atom. The van der Waals surface area contributed by atoms with Crippen LogP contribution in [0.2, 0.25) is 0 Å². The van der Waals surface area contributed by atoms with E-state index in [9.17, 15) is 62.9 Å². The molecule has 0 saturated heterocycles. The highest BCUT2D eigenvalue weighted by Gasteiger charge is 2.29. The lowest BCUT2D eigenvalue weighted by molar-refractivity contribution is 0.0698. The van der Waals surface area contributed by atoms with E-state index in [2.05, 4.69) is 14.8 Å². The molecule has 1 heterocycles. The molecule has 23 heteroatoms. The number of nitrogens with zero attached hydrogens (tertiary/aromatic N) is 1. The predicted octanol–water partition coefficient (Wildman–Crippen LogP) is 11.5. The quantitative estimate of drug-likeness (QED) is 0.0393. The molecule has 0 saturated carbocycles. The number of phenols is 2. The topological polar surface area (TPSA) is 316 Å². The lowest BCUT2D eigenvalue weighted by Gasteiger charge is -2.21. The summed E-state index contributed by atoms with van der Waals surface area (Å²) in [6.45, 7) is 10.1. The molecule has 81 heavy (non-hydrogen) atoms. The summed E-state index contributed by atoms with van der Waals surface area (Å²) in [5.74, 6) is -1.74. The number of carboxylic acid groups (broad SMARTS) is 1. The number of sulfonamides is 2. The Morgan fingerprint density at radius 1 is 0.519 bits per heavy atom. The smallest absolute Gasteiger partial charge is 0.336 e. The van der Waals surface area contributed by atoms with Gasteiger partial charge in [-0.15, -0.1) is 0 Å². The van der Waals surface area contributed by atoms with Gasteiger partial charge >= 0.3 is 5.97 Å². The lowest BCUT2D eigenvalue weighted by Crippen LogP contribution is -2.17. The van der Waals surface area contributed by atoms with Gasteiger partial charge in [0.15, 0.2) is 0 Å². The summed E-state index contributed by atoms with van der Waals surface area (Å²) in [7, 11) is -18.9. The summed E-state index contributed by atoms with van der Waals surface area (Å²) in [6.07, 6.45) is 0. The van der Waals surface area contributed by atoms with E-state index in [0.717, 1.165) is 23.8 Å². The van der Waals surface area contributed by atoms with Crippen LogP contribution in [0.15, 0.2) is 162 Å². The summed E-state index contributed by atoms with van der Waals surface area (Å²) >= 11 is 0. The number of phenolic OH excluding ortho intramolecular Hbond substituents is 2. The van der Waals surface area contributed by atoms with Crippen molar-refractivity contribution in [3.8, 4) is 33.9 Å². The van der Waals surface area contributed by atoms with Gasteiger partial charge in [0.05, 0.1) is 37.8 Å². The van der Waals surface area contributed by atoms with Gasteiger partial charge in [0.25, 0.3) is 40.3 Å². The number of aryl methyl sites for hydroxylation is 4. The Labute approximate surface area is 464 Å². The number of benzene rings is 9. The van der Waals surface area contributed by atoms with Crippen LogP contribution < -0.4 is 20.1 Å². The van der Waals surface area contributed by atoms with Crippen molar-refractivity contribution in [2.75, 3.05) is 14.8 Å². The number of fused-ring (bicyclic) bond motifs is 4. The van der Waals surface area contributed by atoms with E-state index in [0.29, 0.717) is 50.1 Å². The summed E-state index contributed by atoms with van der Waals surface area (Å²) in [5.41, 5.74) is 3.76. The Kier molecular flexibility index (Phi) is 13.7. The third-order valence-corrected chi connectivity index (χ3v) is 18.4. The molecule has 8 aromatic carbocycles. The maximum absolute atomic E-state index is 14.2. The average Bonchev–Trinajstić information content (AvgIpc) is 3.44. The van der Waals surface area contributed by atoms with E-state index < -0.39 is 71.9 Å². The molecule has 8 aromatic rings. The molecule has 2 aliphatic rings. The minimum Gasteiger partial charge on any atom is -0.508 e. The van der Waals surface area contributed by atoms with Gasteiger partial charge < -0.3 is 25.1 Å². The SMILES string of the molecule is Cc1cc(C)c(NS(=O)(=O)c2cc(C(=O)O)c3cc(O)ccc3c2)c(C)c1N=c1cc2oc3cc(Nc4c(C)cc(C)c(NS(=O)(=O)c5ccc6cc(O)ccc6c5)c4C)ccc3c(-c3ccccc3S(=O)(=O)O)c-2cc1S(=O)(=O)O. The summed E-state index contributed by atoms with van der Waals surface area (Å²) in [5, 5.41) is 34.7. The molecule has 19 nitrogen and oxygen atoms in total. The molecule has 1 aliphatic heterocycles. The molecule has 0 radical (unpaired) electrons. The van der Waals surface area contributed by atoms with Gasteiger partial charge in [-0.05, 0) is 169 Å². The standard InChI is InChI=1S/C58H48N4O15S4/c1-29-19-31(3)56(61-78(67,68)41-17-13-35-21-39(63)15-11-36(35)22-41)33(5)54(29)59-38-14-18-43-49(24-38)77-50-28-48(52(81(74,75)76)27-47(50)53(43)44-9-7-8-10-51(44)80(71,72)73)60-55-30(2)20-32(4)57(34(55)6)62-79(69,70)42-23-37-12-16-40(64)25-45(37)46(26-42)58(65)66/h7-28,59,61-64H,1-6H3,(H,65,66)(H,71,72,73)(H,74,75,76). The first-order valence-electron chi connectivity index (χ1n) is 24.4. The number of aromatic hydroxyl groups is 2. The van der Waals surface area contributed by atoms with Crippen LogP contribution >= 0.6 is 0 Å². The van der Waals surface area contributed by atoms with Crippen molar-refractivity contribution in [1.82, 2.24) is 0 Å². The zero-order chi connectivity index (χ0) is 58.4. The monoisotopic (exact) mass is 1170 g/mol. The van der Waals surface area contributed by atoms with Gasteiger partial charge in [-0.3, -0.25) is 18.5 Å². The fourth-order valence-corrected chi connectivity index (χ4v) is 14.0. The highest BCUT2D eigenvalue weighted by Crippen LogP contribution is 2.45. The van der Waals surface area contributed by atoms with E-state index in [1.807, 2.05) is 6.92 Å². The van der Waals surface area contributed by atoms with E-state index >= 15 is 0 Å². The number of hydrogen-bond acceptors (Lipinski definition) is 14. The van der Waals surface area contributed by atoms with E-state index in [1.165, 1.54) is 79.7 Å². The number of nitrogens with one attached hydrogen (secondary N) is 3. The molecule has 0 amide bonds. The Bertz CT molecular complexity index is 4910. The van der Waals surface area contributed by atoms with Crippen LogP contribution in [0.3, 0.4) is 0 Å². The molecule has 10 rings (SSSR count). The van der Waals surface area contributed by atoms with Crippen LogP contribution in [0.1, 0.15) is 43.7 Å². The van der Waals surface area contributed by atoms with Gasteiger partial charge in [0, 0.05) is 45.6 Å². The number of hydrogen-bond donors (Lipinski definition) is 8. The molecular weight excluding hydrogens is 1120 g/mol. The van der Waals surface area contributed by atoms with Crippen molar-refractivity contribution in [2.45, 2.75) is 61.1 Å². The molecule has 0 unspecified atom stereocenters. The Hall–Kier alpha value is -8.84. The van der Waals surface area contributed by atoms with Gasteiger partial charge in [-0.1, -0.05) is 48.5 Å². The lowest BCUT2D eigenvalue weighted by atomic mass is 9.93. The number of carbonyl (C=O) groups is 1. The fourth-order valence-electron chi connectivity index (χ4n) is 10.2. The van der Waals surface area contributed by atoms with Crippen molar-refractivity contribution >= 4 is 107 Å². The average molecular weight is 1170 g/mol. The molecule has 0 aromatic heterocycles. The van der Waals surface area contributed by atoms with Gasteiger partial charge in [0.2, 0.25) is 0 Å². The largest absolute Gasteiger partial charge is 0.508 e. The fraction of sp³-hybridized carbons (Fsp3) is 0.103. The zero-order valence-corrected chi connectivity index (χ0v) is 46.9. The molecule has 414 valence electrons. The van der Waals surface area contributed by atoms with Crippen LogP contribution in [-0.2, 0) is 40.3 Å². The van der Waals surface area contributed by atoms with Crippen LogP contribution in [0, 0.1) is 41.5 Å². The second kappa shape index (κ2) is 20.1. The van der Waals surface area contributed by atoms with Gasteiger partial charge in [-0.25, -0.2) is 26.6 Å². The molecule has 0 atom stereocenters. The second-order valence-corrected chi connectivity index (χ2v) is 25.7. The van der Waals surface area contributed by atoms with E-state index in [1.54, 1.807) is 70.2 Å². The summed E-state index contributed by atoms with van der Waals surface area (Å²) < 4.78 is 142. The molecule has 0 fully saturated rings. The molecule has 1 aliphatic carbocycles. The van der Waals surface area contributed by atoms with Crippen molar-refractivity contribution < 1.29 is 67.3 Å². The first-order chi connectivity index (χ1) is 38.0. The highest BCUT2D eigenvalue weighted by molar-refractivity contribution is 7.93. The summed E-state index contributed by atoms with van der Waals surface area (Å²) in [4.78, 5) is 15.3. The molecule has 0 spiro atoms. The Morgan fingerprint density at radius 3 is 1.78 bits per heavy atom. The maximum atomic E-state index is 14.2. The number of rotatable bonds is 13. The minimum atomic E-state index is -5.21. The first kappa shape index (κ1) is 55.5. The van der Waals surface area contributed by atoms with Gasteiger partial charge in [-0.2, -0.15) is 16.8 Å². The van der Waals surface area contributed by atoms with Crippen molar-refractivity contribution in [3.63, 3.8) is 0 Å². The van der Waals surface area contributed by atoms with Crippen LogP contribution in [0.25, 0.3) is 55.0 Å². The highest BCUT2D eigenvalue weighted by atomic mass is 32.2. The van der Waals surface area contributed by atoms with Crippen molar-refractivity contribution in [2.24, 2.45) is 4.99 Å².